The lowest BCUT2D eigenvalue weighted by Gasteiger charge is -2.17. The first kappa shape index (κ1) is 34.5. The lowest BCUT2D eigenvalue weighted by Crippen LogP contribution is -2.11. The second-order valence-electron chi connectivity index (χ2n) is 11.9. The Kier molecular flexibility index (Phi) is 13.1. The molecule has 2 atom stereocenters. The molecule has 0 aliphatic carbocycles. The van der Waals surface area contributed by atoms with Gasteiger partial charge in [-0.3, -0.25) is 0 Å². The fourth-order valence-corrected chi connectivity index (χ4v) is 5.31. The van der Waals surface area contributed by atoms with Gasteiger partial charge >= 0.3 is 0 Å². The third-order valence-corrected chi connectivity index (χ3v) is 8.40. The number of phenolic OH excluding ortho intramolecular Hbond substituents is 2. The molecular formula is C38H49N3O5. The highest BCUT2D eigenvalue weighted by molar-refractivity contribution is 5.71. The predicted octanol–water partition coefficient (Wildman–Crippen LogP) is 9.48. The Balaban J connectivity index is 1.69. The molecule has 1 aromatic heterocycles. The average molecular weight is 628 g/mol. The second-order valence-corrected chi connectivity index (χ2v) is 11.9. The summed E-state index contributed by atoms with van der Waals surface area (Å²) < 4.78 is 17.6. The Labute approximate surface area is 273 Å². The lowest BCUT2D eigenvalue weighted by atomic mass is 10.0. The predicted molar refractivity (Wildman–Crippen MR) is 184 cm³/mol. The van der Waals surface area contributed by atoms with Crippen LogP contribution in [0.3, 0.4) is 0 Å². The summed E-state index contributed by atoms with van der Waals surface area (Å²) in [5.41, 5.74) is 1.77. The topological polar surface area (TPSA) is 107 Å². The van der Waals surface area contributed by atoms with E-state index in [1.807, 2.05) is 36.4 Å². The van der Waals surface area contributed by atoms with E-state index in [1.54, 1.807) is 31.4 Å². The second kappa shape index (κ2) is 17.4. The van der Waals surface area contributed by atoms with E-state index in [2.05, 4.69) is 27.7 Å². The molecular weight excluding hydrogens is 578 g/mol. The summed E-state index contributed by atoms with van der Waals surface area (Å²) in [6, 6.07) is 17.7. The maximum atomic E-state index is 11.1. The number of benzene rings is 3. The first-order chi connectivity index (χ1) is 22.4. The first-order valence-corrected chi connectivity index (χ1v) is 16.7. The van der Waals surface area contributed by atoms with Gasteiger partial charge in [-0.25, -0.2) is 15.0 Å². The first-order valence-electron chi connectivity index (χ1n) is 16.7. The molecule has 0 aliphatic heterocycles. The van der Waals surface area contributed by atoms with Crippen molar-refractivity contribution in [2.75, 3.05) is 20.3 Å². The van der Waals surface area contributed by atoms with E-state index in [9.17, 15) is 10.2 Å². The van der Waals surface area contributed by atoms with Gasteiger partial charge < -0.3 is 24.4 Å². The zero-order valence-electron chi connectivity index (χ0n) is 28.0. The molecule has 8 nitrogen and oxygen atoms in total. The molecule has 4 aromatic rings. The third kappa shape index (κ3) is 9.59. The molecule has 246 valence electrons. The van der Waals surface area contributed by atoms with Crippen molar-refractivity contribution in [3.8, 4) is 62.9 Å². The summed E-state index contributed by atoms with van der Waals surface area (Å²) in [7, 11) is 1.62. The lowest BCUT2D eigenvalue weighted by molar-refractivity contribution is 0.232. The van der Waals surface area contributed by atoms with Crippen molar-refractivity contribution in [3.63, 3.8) is 0 Å². The van der Waals surface area contributed by atoms with E-state index >= 15 is 0 Å². The van der Waals surface area contributed by atoms with E-state index in [-0.39, 0.29) is 11.5 Å². The SMILES string of the molecule is CCCC[C@H](CC)COc1cc(O)cc(-c2nc(-c3ccc(OC)cc3)nc(-c3ccc(OC[C@@H](CC)CCCC)cc3O)n2)c1. The number of hydrogen-bond donors (Lipinski definition) is 2. The van der Waals surface area contributed by atoms with E-state index in [4.69, 9.17) is 29.2 Å². The molecule has 0 spiro atoms. The minimum absolute atomic E-state index is 0.00885. The molecule has 0 saturated heterocycles. The number of aromatic nitrogens is 3. The fourth-order valence-electron chi connectivity index (χ4n) is 5.31. The Bertz CT molecular complexity index is 1530. The van der Waals surface area contributed by atoms with Crippen LogP contribution in [-0.4, -0.2) is 45.5 Å². The van der Waals surface area contributed by atoms with E-state index in [0.717, 1.165) is 50.5 Å². The Morgan fingerprint density at radius 1 is 0.609 bits per heavy atom. The summed E-state index contributed by atoms with van der Waals surface area (Å²) in [6.45, 7) is 9.91. The van der Waals surface area contributed by atoms with Gasteiger partial charge in [-0.1, -0.05) is 66.2 Å². The number of unbranched alkanes of at least 4 members (excludes halogenated alkanes) is 2. The van der Waals surface area contributed by atoms with Gasteiger partial charge in [-0.15, -0.1) is 0 Å². The fraction of sp³-hybridized carbons (Fsp3) is 0.447. The summed E-state index contributed by atoms with van der Waals surface area (Å²) in [4.78, 5) is 14.3. The molecule has 0 saturated carbocycles. The van der Waals surface area contributed by atoms with E-state index < -0.39 is 0 Å². The van der Waals surface area contributed by atoms with Crippen LogP contribution in [0.25, 0.3) is 34.2 Å². The normalized spacial score (nSPS) is 12.5. The van der Waals surface area contributed by atoms with Gasteiger partial charge in [0.2, 0.25) is 0 Å². The molecule has 0 radical (unpaired) electrons. The summed E-state index contributed by atoms with van der Waals surface area (Å²) in [6.07, 6.45) is 8.94. The van der Waals surface area contributed by atoms with Crippen LogP contribution in [0, 0.1) is 11.8 Å². The minimum Gasteiger partial charge on any atom is -0.508 e. The van der Waals surface area contributed by atoms with Crippen LogP contribution < -0.4 is 14.2 Å². The maximum Gasteiger partial charge on any atom is 0.167 e. The number of methoxy groups -OCH3 is 1. The van der Waals surface area contributed by atoms with Crippen LogP contribution >= 0.6 is 0 Å². The van der Waals surface area contributed by atoms with Gasteiger partial charge in [0, 0.05) is 23.3 Å². The molecule has 8 heteroatoms. The summed E-state index contributed by atoms with van der Waals surface area (Å²) in [5.74, 6) is 3.89. The van der Waals surface area contributed by atoms with Gasteiger partial charge in [0.25, 0.3) is 0 Å². The number of aromatic hydroxyl groups is 2. The maximum absolute atomic E-state index is 11.1. The Morgan fingerprint density at radius 3 is 1.74 bits per heavy atom. The summed E-state index contributed by atoms with van der Waals surface area (Å²) >= 11 is 0. The van der Waals surface area contributed by atoms with Gasteiger partial charge in [0.05, 0.1) is 25.9 Å². The van der Waals surface area contributed by atoms with Gasteiger partial charge in [0.15, 0.2) is 17.5 Å². The number of ether oxygens (including phenoxy) is 3. The number of phenols is 2. The number of rotatable bonds is 18. The average Bonchev–Trinajstić information content (AvgIpc) is 3.08. The molecule has 0 aliphatic rings. The standard InChI is InChI=1S/C38H49N3O5/c1-6-10-12-26(8-3)24-45-32-18-19-34(35(43)23-32)38-40-36(28-14-16-31(44-5)17-15-28)39-37(41-38)29-20-30(42)22-33(21-29)46-25-27(9-4)13-11-7-2/h14-23,26-27,42-43H,6-13,24-25H2,1-5H3/t26-,27-/m0/s1. The van der Waals surface area contributed by atoms with Crippen molar-refractivity contribution in [3.05, 3.63) is 60.7 Å². The highest BCUT2D eigenvalue weighted by atomic mass is 16.5. The third-order valence-electron chi connectivity index (χ3n) is 8.40. The summed E-state index contributed by atoms with van der Waals surface area (Å²) in [5, 5.41) is 21.8. The van der Waals surface area contributed by atoms with Crippen molar-refractivity contribution in [2.24, 2.45) is 11.8 Å². The molecule has 0 unspecified atom stereocenters. The number of hydrogen-bond acceptors (Lipinski definition) is 8. The van der Waals surface area contributed by atoms with Gasteiger partial charge in [0.1, 0.15) is 28.7 Å². The van der Waals surface area contributed by atoms with Crippen LogP contribution in [0.4, 0.5) is 0 Å². The van der Waals surface area contributed by atoms with Gasteiger partial charge in [-0.05, 0) is 73.2 Å². The zero-order chi connectivity index (χ0) is 32.9. The molecule has 0 amide bonds. The van der Waals surface area contributed by atoms with Crippen LogP contribution in [0.5, 0.6) is 28.7 Å². The van der Waals surface area contributed by atoms with Crippen molar-refractivity contribution in [1.29, 1.82) is 0 Å². The van der Waals surface area contributed by atoms with Crippen LogP contribution in [0.2, 0.25) is 0 Å². The largest absolute Gasteiger partial charge is 0.508 e. The zero-order valence-corrected chi connectivity index (χ0v) is 28.0. The van der Waals surface area contributed by atoms with Crippen molar-refractivity contribution in [1.82, 2.24) is 15.0 Å². The highest BCUT2D eigenvalue weighted by Gasteiger charge is 2.18. The smallest absolute Gasteiger partial charge is 0.167 e. The molecule has 0 bridgehead atoms. The Morgan fingerprint density at radius 2 is 1.17 bits per heavy atom. The monoisotopic (exact) mass is 627 g/mol. The quantitative estimate of drug-likeness (QED) is 0.112. The van der Waals surface area contributed by atoms with Crippen molar-refractivity contribution >= 4 is 0 Å². The van der Waals surface area contributed by atoms with Gasteiger partial charge in [-0.2, -0.15) is 0 Å². The Hall–Kier alpha value is -4.33. The minimum atomic E-state index is 0.00885. The van der Waals surface area contributed by atoms with Crippen molar-refractivity contribution < 1.29 is 24.4 Å². The van der Waals surface area contributed by atoms with Crippen LogP contribution in [-0.2, 0) is 0 Å². The molecule has 3 aromatic carbocycles. The molecule has 1 heterocycles. The molecule has 46 heavy (non-hydrogen) atoms. The number of nitrogens with zero attached hydrogens (tertiary/aromatic N) is 3. The van der Waals surface area contributed by atoms with E-state index in [1.165, 1.54) is 6.42 Å². The van der Waals surface area contributed by atoms with Crippen LogP contribution in [0.1, 0.15) is 79.1 Å². The highest BCUT2D eigenvalue weighted by Crippen LogP contribution is 2.35. The molecule has 2 N–H and O–H groups in total. The molecule has 0 fully saturated rings. The van der Waals surface area contributed by atoms with Crippen LogP contribution in [0.15, 0.2) is 60.7 Å². The van der Waals surface area contributed by atoms with Crippen molar-refractivity contribution in [2.45, 2.75) is 79.1 Å². The molecule has 4 rings (SSSR count). The van der Waals surface area contributed by atoms with E-state index in [0.29, 0.717) is 70.9 Å².